The second-order valence-electron chi connectivity index (χ2n) is 30.4. The van der Waals surface area contributed by atoms with Crippen molar-refractivity contribution in [2.24, 2.45) is 0 Å². The monoisotopic (exact) mass is 1440 g/mol. The van der Waals surface area contributed by atoms with Crippen molar-refractivity contribution >= 4 is 84.1 Å². The van der Waals surface area contributed by atoms with Crippen LogP contribution in [0.25, 0.3) is 0 Å². The number of rotatable bonds is 42. The van der Waals surface area contributed by atoms with Gasteiger partial charge in [-0.05, 0) is 60.2 Å². The van der Waals surface area contributed by atoms with E-state index in [0.717, 1.165) is 32.3 Å². The minimum atomic E-state index is -2.61. The summed E-state index contributed by atoms with van der Waals surface area (Å²) in [6.07, 6.45) is 12.5. The van der Waals surface area contributed by atoms with Gasteiger partial charge in [0.25, 0.3) is 0 Å². The normalized spacial score (nSPS) is 22.4. The Morgan fingerprint density at radius 3 is 1.76 bits per heavy atom. The van der Waals surface area contributed by atoms with Crippen LogP contribution in [-0.2, 0) is 53.1 Å². The number of ether oxygens (including phenoxy) is 6. The Morgan fingerprint density at radius 2 is 1.29 bits per heavy atom. The first-order chi connectivity index (χ1) is 40.5. The second kappa shape index (κ2) is 37.1. The number of benzene rings is 1. The molecule has 17 heteroatoms. The van der Waals surface area contributed by atoms with E-state index in [9.17, 15) is 4.79 Å². The SMILES string of the molecule is C=C[C@](C)(O[Si](C)(C)C(C)(C)C)[C@@H](CCCOCc1c(Cl)cc(Cl)cc1Cl)OC(=O)CC[C@@]1(C)O[C@H]2[C@@H](O[Si](C(C)C)(C(C)C)C(C)C)C[C@@H](CCCO[Si](C(C)C)(C(C)C)C(C)C)O[C@@H]2C[C@@H]1OC(C[CH2][Sn]([CH2]CCC)([CH2]CCC)[CH2]CCC)OC. The van der Waals surface area contributed by atoms with Gasteiger partial charge in [0.1, 0.15) is 0 Å². The second-order valence-corrected chi connectivity index (χ2v) is 61.5. The van der Waals surface area contributed by atoms with E-state index in [1.807, 2.05) is 20.1 Å². The molecule has 2 aliphatic rings. The van der Waals surface area contributed by atoms with Gasteiger partial charge >= 0.3 is 285 Å². The quantitative estimate of drug-likeness (QED) is 0.0207. The average Bonchev–Trinajstić information content (AvgIpc) is 0.856. The first-order valence-electron chi connectivity index (χ1n) is 34.6. The third-order valence-corrected chi connectivity index (χ3v) is 54.8. The van der Waals surface area contributed by atoms with Gasteiger partial charge in [-0.2, -0.15) is 0 Å². The van der Waals surface area contributed by atoms with Crippen LogP contribution < -0.4 is 0 Å². The molecule has 9 atom stereocenters. The first-order valence-corrected chi connectivity index (χ1v) is 51.0. The van der Waals surface area contributed by atoms with Crippen molar-refractivity contribution in [2.75, 3.05) is 20.3 Å². The molecule has 0 saturated carbocycles. The molecule has 2 heterocycles. The van der Waals surface area contributed by atoms with Crippen LogP contribution >= 0.6 is 34.8 Å². The van der Waals surface area contributed by atoms with E-state index >= 15 is 0 Å². The zero-order chi connectivity index (χ0) is 65.9. The maximum absolute atomic E-state index is 15.0. The van der Waals surface area contributed by atoms with E-state index < -0.39 is 73.0 Å². The van der Waals surface area contributed by atoms with Crippen LogP contribution in [0.5, 0.6) is 0 Å². The van der Waals surface area contributed by atoms with Crippen LogP contribution in [-0.4, -0.2) is 124 Å². The van der Waals surface area contributed by atoms with Crippen LogP contribution in [0.3, 0.4) is 0 Å². The molecule has 0 aromatic heterocycles. The third kappa shape index (κ3) is 22.5. The summed E-state index contributed by atoms with van der Waals surface area (Å²) in [5, 5.41) is 1.26. The van der Waals surface area contributed by atoms with E-state index in [0.29, 0.717) is 86.2 Å². The fourth-order valence-corrected chi connectivity index (χ4v) is 44.9. The van der Waals surface area contributed by atoms with Gasteiger partial charge in [0.15, 0.2) is 16.6 Å². The van der Waals surface area contributed by atoms with E-state index in [1.165, 1.54) is 56.3 Å². The number of esters is 1. The number of hydrogen-bond acceptors (Lipinski definition) is 10. The summed E-state index contributed by atoms with van der Waals surface area (Å²) in [5.74, 6) is -0.330. The van der Waals surface area contributed by atoms with Crippen LogP contribution in [0.15, 0.2) is 24.8 Å². The molecule has 1 unspecified atom stereocenters. The van der Waals surface area contributed by atoms with Gasteiger partial charge in [-0.15, -0.1) is 6.58 Å². The van der Waals surface area contributed by atoms with Crippen molar-refractivity contribution < 1.29 is 46.5 Å². The Hall–Kier alpha value is 0.429. The fourth-order valence-electron chi connectivity index (χ4n) is 15.1. The Balaban J connectivity index is 2.15. The molecule has 10 nitrogen and oxygen atoms in total. The van der Waals surface area contributed by atoms with E-state index in [2.05, 4.69) is 151 Å². The molecule has 2 fully saturated rings. The van der Waals surface area contributed by atoms with E-state index in [1.54, 1.807) is 12.1 Å². The zero-order valence-electron chi connectivity index (χ0n) is 59.7. The number of methoxy groups -OCH3 is 1. The topological polar surface area (TPSA) is 100 Å². The molecule has 1 aromatic rings. The number of carbonyl (C=O) groups is 1. The van der Waals surface area contributed by atoms with Crippen molar-refractivity contribution in [3.63, 3.8) is 0 Å². The van der Waals surface area contributed by atoms with Crippen molar-refractivity contribution in [2.45, 2.75) is 365 Å². The predicted molar refractivity (Wildman–Crippen MR) is 380 cm³/mol. The summed E-state index contributed by atoms with van der Waals surface area (Å²) in [4.78, 5) is 15.0. The molecular weight excluding hydrogens is 1310 g/mol. The van der Waals surface area contributed by atoms with Gasteiger partial charge in [-0.3, -0.25) is 0 Å². The summed E-state index contributed by atoms with van der Waals surface area (Å²) in [7, 11) is -5.10. The number of fused-ring (bicyclic) bond motifs is 1. The number of hydrogen-bond donors (Lipinski definition) is 0. The molecule has 2 aliphatic heterocycles. The zero-order valence-corrected chi connectivity index (χ0v) is 67.8. The van der Waals surface area contributed by atoms with Crippen LogP contribution in [0, 0.1) is 0 Å². The molecule has 0 N–H and O–H groups in total. The van der Waals surface area contributed by atoms with E-state index in [-0.39, 0.29) is 48.5 Å². The van der Waals surface area contributed by atoms with Crippen molar-refractivity contribution in [1.29, 1.82) is 0 Å². The average molecular weight is 1440 g/mol. The van der Waals surface area contributed by atoms with Crippen molar-refractivity contribution in [3.05, 3.63) is 45.4 Å². The fraction of sp³-hybridized carbons (Fsp3) is 0.871. The number of carbonyl (C=O) groups excluding carboxylic acids is 1. The molecule has 1 aromatic carbocycles. The minimum absolute atomic E-state index is 0.0403. The Morgan fingerprint density at radius 1 is 0.759 bits per heavy atom. The summed E-state index contributed by atoms with van der Waals surface area (Å²) in [6.45, 7) is 56.3. The molecule has 0 spiro atoms. The molecule has 508 valence electrons. The van der Waals surface area contributed by atoms with Crippen LogP contribution in [0.4, 0.5) is 0 Å². The summed E-state index contributed by atoms with van der Waals surface area (Å²) in [6, 6.07) is 3.34. The number of halogens is 3. The maximum atomic E-state index is 15.0. The summed E-state index contributed by atoms with van der Waals surface area (Å²) < 4.78 is 69.7. The number of unbranched alkanes of at least 4 members (excludes halogenated alkanes) is 3. The predicted octanol–water partition coefficient (Wildman–Crippen LogP) is 22.4. The molecular formula is C70H131Cl3O10Si3Sn. The van der Waals surface area contributed by atoms with Gasteiger partial charge < -0.3 is 13.6 Å². The molecule has 0 radical (unpaired) electrons. The standard InChI is InChI=1S/C58H104Cl3O10Si3.3C4H9.Sn/c1-23-54(63-20)68-52-36-49-55(50(70-74(41(9)10,42(11)12)43(13)14)35-45(66-49)27-25-32-65-73(38(3)4,39(5)6)40(7)8)69-58(52,19)30-29-53(62)67-51(57(18,24-2)71-72(21,22)56(15,16)17)28-26-31-64-37-46-47(60)33-44(59)34-48(46)61;3*1-3-4-2;/h24,33-34,38-43,45,49-52,54-55H,1-2,23,25-32,35-37H2,3-22H3;3*1,3-4H2,2H3;/t45-,49-,50+,51-,52+,54?,55-,57+,58-;;;;/m1..../s1. The van der Waals surface area contributed by atoms with Gasteiger partial charge in [0.2, 0.25) is 0 Å². The van der Waals surface area contributed by atoms with Gasteiger partial charge in [-0.25, -0.2) is 0 Å². The van der Waals surface area contributed by atoms with E-state index in [4.69, 9.17) is 76.5 Å². The van der Waals surface area contributed by atoms with Crippen molar-refractivity contribution in [1.82, 2.24) is 0 Å². The Kier molecular flexibility index (Phi) is 34.8. The first kappa shape index (κ1) is 81.7. The van der Waals surface area contributed by atoms with Crippen LogP contribution in [0.2, 0.25) is 84.2 Å². The third-order valence-electron chi connectivity index (χ3n) is 21.1. The Labute approximate surface area is 556 Å². The molecule has 3 rings (SSSR count). The summed E-state index contributed by atoms with van der Waals surface area (Å²) >= 11 is 16.7. The van der Waals surface area contributed by atoms with Crippen molar-refractivity contribution in [3.8, 4) is 0 Å². The molecule has 87 heavy (non-hydrogen) atoms. The summed E-state index contributed by atoms with van der Waals surface area (Å²) in [5.41, 5.74) is 1.44. The molecule has 2 saturated heterocycles. The molecule has 0 bridgehead atoms. The van der Waals surface area contributed by atoms with Gasteiger partial charge in [0, 0.05) is 27.2 Å². The molecule has 0 amide bonds. The van der Waals surface area contributed by atoms with Gasteiger partial charge in [0.05, 0.1) is 6.61 Å². The Bertz CT molecular complexity index is 2090. The van der Waals surface area contributed by atoms with Gasteiger partial charge in [-0.1, -0.05) is 145 Å². The molecule has 0 aliphatic carbocycles. The van der Waals surface area contributed by atoms with Crippen LogP contribution in [0.1, 0.15) is 240 Å².